The van der Waals surface area contributed by atoms with E-state index in [1.165, 1.54) is 0 Å². The molecule has 1 aromatic rings. The number of amides is 1. The molecule has 1 aliphatic heterocycles. The van der Waals surface area contributed by atoms with E-state index in [2.05, 4.69) is 0 Å². The molecule has 1 atom stereocenters. The van der Waals surface area contributed by atoms with Crippen molar-refractivity contribution in [3.63, 3.8) is 0 Å². The molecule has 0 aromatic heterocycles. The van der Waals surface area contributed by atoms with E-state index in [9.17, 15) is 4.79 Å². The number of benzene rings is 1. The van der Waals surface area contributed by atoms with Gasteiger partial charge >= 0.3 is 0 Å². The Balaban J connectivity index is 2.38. The summed E-state index contributed by atoms with van der Waals surface area (Å²) in [5.41, 5.74) is 0.927. The highest BCUT2D eigenvalue weighted by Gasteiger charge is 2.31. The van der Waals surface area contributed by atoms with Gasteiger partial charge in [-0.1, -0.05) is 19.1 Å². The second-order valence-electron chi connectivity index (χ2n) is 3.70. The highest BCUT2D eigenvalue weighted by molar-refractivity contribution is 8.01. The molecule has 0 aliphatic carbocycles. The minimum absolute atomic E-state index is 0.00117. The third-order valence-corrected chi connectivity index (χ3v) is 4.08. The maximum Gasteiger partial charge on any atom is 0.240 e. The van der Waals surface area contributed by atoms with E-state index in [4.69, 9.17) is 5.11 Å². The Morgan fingerprint density at radius 2 is 2.19 bits per heavy atom. The van der Waals surface area contributed by atoms with Gasteiger partial charge in [-0.2, -0.15) is 0 Å². The molecule has 0 spiro atoms. The zero-order valence-corrected chi connectivity index (χ0v) is 10.0. The average Bonchev–Trinajstić information content (AvgIpc) is 2.32. The van der Waals surface area contributed by atoms with Crippen LogP contribution in [-0.4, -0.2) is 29.4 Å². The Bertz CT molecular complexity index is 394. The molecule has 1 heterocycles. The van der Waals surface area contributed by atoms with E-state index >= 15 is 0 Å². The van der Waals surface area contributed by atoms with Gasteiger partial charge in [0, 0.05) is 11.4 Å². The summed E-state index contributed by atoms with van der Waals surface area (Å²) in [4.78, 5) is 14.9. The summed E-state index contributed by atoms with van der Waals surface area (Å²) < 4.78 is 0. The van der Waals surface area contributed by atoms with Gasteiger partial charge in [-0.15, -0.1) is 11.8 Å². The van der Waals surface area contributed by atoms with Crippen LogP contribution in [0.3, 0.4) is 0 Å². The van der Waals surface area contributed by atoms with E-state index in [1.807, 2.05) is 31.2 Å². The monoisotopic (exact) mass is 237 g/mol. The Labute approximate surface area is 99.5 Å². The van der Waals surface area contributed by atoms with Crippen LogP contribution >= 0.6 is 11.8 Å². The highest BCUT2D eigenvalue weighted by atomic mass is 32.2. The SMILES string of the molecule is CCC1Sc2ccccc2N(CCO)C1=O. The molecule has 1 unspecified atom stereocenters. The van der Waals surface area contributed by atoms with Crippen molar-refractivity contribution < 1.29 is 9.90 Å². The van der Waals surface area contributed by atoms with Crippen molar-refractivity contribution in [3.05, 3.63) is 24.3 Å². The summed E-state index contributed by atoms with van der Waals surface area (Å²) in [7, 11) is 0. The van der Waals surface area contributed by atoms with Crippen molar-refractivity contribution in [1.29, 1.82) is 0 Å². The maximum absolute atomic E-state index is 12.1. The first-order chi connectivity index (χ1) is 7.77. The molecular formula is C12H15NO2S. The molecule has 2 rings (SSSR count). The van der Waals surface area contributed by atoms with Crippen LogP contribution in [0.5, 0.6) is 0 Å². The van der Waals surface area contributed by atoms with Gasteiger partial charge in [-0.05, 0) is 18.6 Å². The van der Waals surface area contributed by atoms with Crippen molar-refractivity contribution in [3.8, 4) is 0 Å². The number of hydrogen-bond acceptors (Lipinski definition) is 3. The first-order valence-electron chi connectivity index (χ1n) is 5.46. The van der Waals surface area contributed by atoms with Crippen molar-refractivity contribution in [2.24, 2.45) is 0 Å². The first-order valence-corrected chi connectivity index (χ1v) is 6.33. The number of nitrogens with zero attached hydrogens (tertiary/aromatic N) is 1. The van der Waals surface area contributed by atoms with Crippen molar-refractivity contribution in [2.45, 2.75) is 23.5 Å². The molecule has 0 radical (unpaired) electrons. The lowest BCUT2D eigenvalue weighted by Crippen LogP contribution is -2.42. The molecule has 0 saturated heterocycles. The van der Waals surface area contributed by atoms with Crippen LogP contribution in [0.25, 0.3) is 0 Å². The lowest BCUT2D eigenvalue weighted by molar-refractivity contribution is -0.118. The number of carbonyl (C=O) groups excluding carboxylic acids is 1. The summed E-state index contributed by atoms with van der Waals surface area (Å²) in [6.45, 7) is 2.40. The number of thioether (sulfide) groups is 1. The highest BCUT2D eigenvalue weighted by Crippen LogP contribution is 2.39. The van der Waals surface area contributed by atoms with Crippen LogP contribution in [0, 0.1) is 0 Å². The van der Waals surface area contributed by atoms with Crippen LogP contribution in [-0.2, 0) is 4.79 Å². The predicted octanol–water partition coefficient (Wildman–Crippen LogP) is 1.90. The smallest absolute Gasteiger partial charge is 0.240 e. The van der Waals surface area contributed by atoms with Gasteiger partial charge in [-0.3, -0.25) is 4.79 Å². The lowest BCUT2D eigenvalue weighted by Gasteiger charge is -2.32. The molecule has 86 valence electrons. The van der Waals surface area contributed by atoms with Crippen LogP contribution in [0.2, 0.25) is 0 Å². The number of aliphatic hydroxyl groups is 1. The lowest BCUT2D eigenvalue weighted by atomic mass is 10.2. The number of rotatable bonds is 3. The largest absolute Gasteiger partial charge is 0.395 e. The molecule has 1 amide bonds. The molecule has 0 bridgehead atoms. The van der Waals surface area contributed by atoms with E-state index < -0.39 is 0 Å². The Morgan fingerprint density at radius 1 is 1.44 bits per heavy atom. The first kappa shape index (κ1) is 11.5. The van der Waals surface area contributed by atoms with Gasteiger partial charge in [-0.25, -0.2) is 0 Å². The summed E-state index contributed by atoms with van der Waals surface area (Å²) in [5, 5.41) is 9.01. The molecule has 1 aromatic carbocycles. The third-order valence-electron chi connectivity index (χ3n) is 2.66. The van der Waals surface area contributed by atoms with Gasteiger partial charge in [0.2, 0.25) is 5.91 Å². The van der Waals surface area contributed by atoms with E-state index in [0.29, 0.717) is 6.54 Å². The van der Waals surface area contributed by atoms with Crippen molar-refractivity contribution >= 4 is 23.4 Å². The van der Waals surface area contributed by atoms with Crippen LogP contribution in [0.1, 0.15) is 13.3 Å². The number of fused-ring (bicyclic) bond motifs is 1. The van der Waals surface area contributed by atoms with Gasteiger partial charge < -0.3 is 10.0 Å². The van der Waals surface area contributed by atoms with Gasteiger partial charge in [0.1, 0.15) is 0 Å². The van der Waals surface area contributed by atoms with Gasteiger partial charge in [0.05, 0.1) is 17.5 Å². The zero-order valence-electron chi connectivity index (χ0n) is 9.22. The Kier molecular flexibility index (Phi) is 3.51. The maximum atomic E-state index is 12.1. The van der Waals surface area contributed by atoms with Gasteiger partial charge in [0.15, 0.2) is 0 Å². The number of aliphatic hydroxyl groups excluding tert-OH is 1. The fourth-order valence-corrected chi connectivity index (χ4v) is 3.02. The van der Waals surface area contributed by atoms with Crippen LogP contribution in [0.4, 0.5) is 5.69 Å². The van der Waals surface area contributed by atoms with Crippen molar-refractivity contribution in [2.75, 3.05) is 18.1 Å². The summed E-state index contributed by atoms with van der Waals surface area (Å²) in [6, 6.07) is 7.86. The molecule has 1 aliphatic rings. The fourth-order valence-electron chi connectivity index (χ4n) is 1.86. The number of hydrogen-bond donors (Lipinski definition) is 1. The van der Waals surface area contributed by atoms with Gasteiger partial charge in [0.25, 0.3) is 0 Å². The molecule has 16 heavy (non-hydrogen) atoms. The molecule has 3 nitrogen and oxygen atoms in total. The molecular weight excluding hydrogens is 222 g/mol. The minimum atomic E-state index is -0.0125. The average molecular weight is 237 g/mol. The number of para-hydroxylation sites is 1. The van der Waals surface area contributed by atoms with E-state index in [1.54, 1.807) is 16.7 Å². The minimum Gasteiger partial charge on any atom is -0.395 e. The van der Waals surface area contributed by atoms with Crippen LogP contribution in [0.15, 0.2) is 29.2 Å². The normalized spacial score (nSPS) is 19.8. The molecule has 0 fully saturated rings. The second kappa shape index (κ2) is 4.89. The topological polar surface area (TPSA) is 40.5 Å². The molecule has 1 N–H and O–H groups in total. The third kappa shape index (κ3) is 1.95. The number of carbonyl (C=O) groups is 1. The second-order valence-corrected chi connectivity index (χ2v) is 4.94. The summed E-state index contributed by atoms with van der Waals surface area (Å²) in [5.74, 6) is 0.111. The predicted molar refractivity (Wildman–Crippen MR) is 65.8 cm³/mol. The molecule has 4 heteroatoms. The standard InChI is InChI=1S/C12H15NO2S/c1-2-10-12(15)13(7-8-14)9-5-3-4-6-11(9)16-10/h3-6,10,14H,2,7-8H2,1H3. The quantitative estimate of drug-likeness (QED) is 0.873. The van der Waals surface area contributed by atoms with Crippen LogP contribution < -0.4 is 4.90 Å². The summed E-state index contributed by atoms with van der Waals surface area (Å²) in [6.07, 6.45) is 0.819. The summed E-state index contributed by atoms with van der Waals surface area (Å²) >= 11 is 1.62. The van der Waals surface area contributed by atoms with E-state index in [0.717, 1.165) is 17.0 Å². The Hall–Kier alpha value is -1.00. The fraction of sp³-hybridized carbons (Fsp3) is 0.417. The van der Waals surface area contributed by atoms with E-state index in [-0.39, 0.29) is 17.8 Å². The Morgan fingerprint density at radius 3 is 2.88 bits per heavy atom. The number of anilines is 1. The molecule has 0 saturated carbocycles. The number of β-amino-alcohol motifs (C(OH)–C–C–N with tert-alkyl or cyclic N) is 1. The van der Waals surface area contributed by atoms with Crippen molar-refractivity contribution in [1.82, 2.24) is 0 Å². The zero-order chi connectivity index (χ0) is 11.5.